The molecule has 3 nitrogen and oxygen atoms in total. The summed E-state index contributed by atoms with van der Waals surface area (Å²) in [6.45, 7) is 1.20. The van der Waals surface area contributed by atoms with Crippen LogP contribution in [-0.4, -0.2) is 25.3 Å². The highest BCUT2D eigenvalue weighted by atomic mass is 35.5. The van der Waals surface area contributed by atoms with Crippen molar-refractivity contribution in [3.8, 4) is 0 Å². The maximum Gasteiger partial charge on any atom is 0.0659 e. The summed E-state index contributed by atoms with van der Waals surface area (Å²) in [4.78, 5) is 2.11. The average Bonchev–Trinajstić information content (AvgIpc) is 2.24. The Balaban J connectivity index is 2.49. The number of hydrogen-bond acceptors (Lipinski definition) is 3. The molecule has 0 unspecified atom stereocenters. The van der Waals surface area contributed by atoms with E-state index in [0.717, 1.165) is 31.5 Å². The molecule has 4 heteroatoms. The molecule has 0 atom stereocenters. The van der Waals surface area contributed by atoms with Gasteiger partial charge in [0.15, 0.2) is 0 Å². The van der Waals surface area contributed by atoms with E-state index in [1.165, 1.54) is 0 Å². The maximum absolute atomic E-state index is 8.67. The molecule has 0 aromatic heterocycles. The molecule has 1 rings (SSSR count). The second-order valence-corrected chi connectivity index (χ2v) is 4.32. The van der Waals surface area contributed by atoms with Gasteiger partial charge in [-0.1, -0.05) is 11.6 Å². The van der Waals surface area contributed by atoms with E-state index in [1.807, 2.05) is 19.2 Å². The van der Waals surface area contributed by atoms with E-state index >= 15 is 0 Å². The summed E-state index contributed by atoms with van der Waals surface area (Å²) in [6.07, 6.45) is 2.95. The van der Waals surface area contributed by atoms with Gasteiger partial charge >= 0.3 is 0 Å². The van der Waals surface area contributed by atoms with Gasteiger partial charge in [-0.25, -0.2) is 0 Å². The Hall–Kier alpha value is -0.930. The number of hydrogen-bond donors (Lipinski definition) is 2. The lowest BCUT2D eigenvalue weighted by molar-refractivity contribution is 0.283. The summed E-state index contributed by atoms with van der Waals surface area (Å²) >= 11 is 6.10. The second kappa shape index (κ2) is 6.61. The van der Waals surface area contributed by atoms with Gasteiger partial charge in [0.25, 0.3) is 0 Å². The van der Waals surface area contributed by atoms with E-state index in [1.54, 1.807) is 6.07 Å². The number of halogens is 1. The Labute approximate surface area is 102 Å². The first-order valence-corrected chi connectivity index (χ1v) is 5.90. The molecule has 16 heavy (non-hydrogen) atoms. The third-order valence-electron chi connectivity index (χ3n) is 2.53. The topological polar surface area (TPSA) is 49.5 Å². The van der Waals surface area contributed by atoms with Crippen molar-refractivity contribution in [2.45, 2.75) is 19.3 Å². The number of nitrogen functional groups attached to an aromatic ring is 1. The molecule has 90 valence electrons. The van der Waals surface area contributed by atoms with E-state index in [4.69, 9.17) is 22.4 Å². The molecule has 0 heterocycles. The van der Waals surface area contributed by atoms with Gasteiger partial charge in [0.1, 0.15) is 0 Å². The number of unbranched alkanes of at least 4 members (excludes halogenated alkanes) is 2. The van der Waals surface area contributed by atoms with E-state index in [0.29, 0.717) is 10.7 Å². The van der Waals surface area contributed by atoms with Crippen molar-refractivity contribution < 1.29 is 5.11 Å². The summed E-state index contributed by atoms with van der Waals surface area (Å²) in [5.41, 5.74) is 7.32. The molecule has 0 radical (unpaired) electrons. The van der Waals surface area contributed by atoms with Gasteiger partial charge < -0.3 is 15.7 Å². The normalized spacial score (nSPS) is 10.4. The lowest BCUT2D eigenvalue weighted by Crippen LogP contribution is -2.18. The number of nitrogens with zero attached hydrogens (tertiary/aromatic N) is 1. The third-order valence-corrected chi connectivity index (χ3v) is 2.84. The van der Waals surface area contributed by atoms with Crippen LogP contribution in [0.1, 0.15) is 19.3 Å². The zero-order valence-electron chi connectivity index (χ0n) is 9.62. The molecule has 0 saturated heterocycles. The molecule has 3 N–H and O–H groups in total. The Bertz CT molecular complexity index is 331. The highest BCUT2D eigenvalue weighted by Crippen LogP contribution is 2.27. The molecular weight excluding hydrogens is 224 g/mol. The first-order valence-electron chi connectivity index (χ1n) is 5.52. The van der Waals surface area contributed by atoms with Crippen LogP contribution >= 0.6 is 11.6 Å². The summed E-state index contributed by atoms with van der Waals surface area (Å²) in [5, 5.41) is 9.36. The van der Waals surface area contributed by atoms with E-state index in [-0.39, 0.29) is 6.61 Å². The zero-order chi connectivity index (χ0) is 12.0. The van der Waals surface area contributed by atoms with Crippen LogP contribution in [0.5, 0.6) is 0 Å². The van der Waals surface area contributed by atoms with Gasteiger partial charge in [-0.15, -0.1) is 0 Å². The van der Waals surface area contributed by atoms with E-state index in [9.17, 15) is 0 Å². The van der Waals surface area contributed by atoms with Gasteiger partial charge in [0, 0.05) is 25.9 Å². The van der Waals surface area contributed by atoms with Gasteiger partial charge in [-0.2, -0.15) is 0 Å². The molecule has 0 spiro atoms. The van der Waals surface area contributed by atoms with Gasteiger partial charge in [0.2, 0.25) is 0 Å². The second-order valence-electron chi connectivity index (χ2n) is 3.92. The van der Waals surface area contributed by atoms with Gasteiger partial charge in [0.05, 0.1) is 10.7 Å². The van der Waals surface area contributed by atoms with E-state index in [2.05, 4.69) is 4.90 Å². The zero-order valence-corrected chi connectivity index (χ0v) is 10.4. The van der Waals surface area contributed by atoms with E-state index < -0.39 is 0 Å². The molecule has 1 aromatic rings. The maximum atomic E-state index is 8.67. The monoisotopic (exact) mass is 242 g/mol. The van der Waals surface area contributed by atoms with Crippen molar-refractivity contribution in [1.29, 1.82) is 0 Å². The van der Waals surface area contributed by atoms with Crippen LogP contribution < -0.4 is 10.6 Å². The van der Waals surface area contributed by atoms with Crippen LogP contribution in [0.3, 0.4) is 0 Å². The fourth-order valence-electron chi connectivity index (χ4n) is 1.59. The minimum atomic E-state index is 0.270. The molecule has 0 bridgehead atoms. The highest BCUT2D eigenvalue weighted by molar-refractivity contribution is 6.33. The molecule has 0 aliphatic rings. The number of nitrogens with two attached hydrogens (primary N) is 1. The smallest absolute Gasteiger partial charge is 0.0659 e. The number of aliphatic hydroxyl groups is 1. The Morgan fingerprint density at radius 3 is 2.69 bits per heavy atom. The van der Waals surface area contributed by atoms with Crippen LogP contribution in [0, 0.1) is 0 Å². The largest absolute Gasteiger partial charge is 0.399 e. The van der Waals surface area contributed by atoms with Crippen LogP contribution in [0.4, 0.5) is 11.4 Å². The van der Waals surface area contributed by atoms with Crippen molar-refractivity contribution in [3.05, 3.63) is 23.2 Å². The molecule has 0 fully saturated rings. The molecular formula is C12H19ClN2O. The number of aliphatic hydroxyl groups excluding tert-OH is 1. The minimum Gasteiger partial charge on any atom is -0.399 e. The third kappa shape index (κ3) is 3.91. The summed E-state index contributed by atoms with van der Waals surface area (Å²) in [7, 11) is 2.01. The molecule has 0 amide bonds. The van der Waals surface area contributed by atoms with Crippen molar-refractivity contribution in [2.75, 3.05) is 30.8 Å². The first kappa shape index (κ1) is 13.1. The van der Waals surface area contributed by atoms with Crippen molar-refractivity contribution >= 4 is 23.0 Å². The predicted molar refractivity (Wildman–Crippen MR) is 70.1 cm³/mol. The summed E-state index contributed by atoms with van der Waals surface area (Å²) in [6, 6.07) is 5.55. The lowest BCUT2D eigenvalue weighted by Gasteiger charge is -2.20. The van der Waals surface area contributed by atoms with Crippen LogP contribution in [0.2, 0.25) is 5.02 Å². The van der Waals surface area contributed by atoms with Crippen LogP contribution in [0.15, 0.2) is 18.2 Å². The summed E-state index contributed by atoms with van der Waals surface area (Å²) < 4.78 is 0. The quantitative estimate of drug-likeness (QED) is 0.595. The van der Waals surface area contributed by atoms with Crippen molar-refractivity contribution in [1.82, 2.24) is 0 Å². The minimum absolute atomic E-state index is 0.270. The van der Waals surface area contributed by atoms with Gasteiger partial charge in [-0.05, 0) is 37.5 Å². The van der Waals surface area contributed by atoms with Gasteiger partial charge in [-0.3, -0.25) is 0 Å². The van der Waals surface area contributed by atoms with Crippen LogP contribution in [0.25, 0.3) is 0 Å². The number of anilines is 2. The average molecular weight is 243 g/mol. The van der Waals surface area contributed by atoms with Crippen molar-refractivity contribution in [3.63, 3.8) is 0 Å². The molecule has 1 aromatic carbocycles. The molecule has 0 saturated carbocycles. The first-order chi connectivity index (χ1) is 7.65. The Morgan fingerprint density at radius 1 is 1.31 bits per heavy atom. The lowest BCUT2D eigenvalue weighted by atomic mass is 10.2. The number of benzene rings is 1. The standard InChI is InChI=1S/C12H19ClN2O/c1-15(7-3-2-4-8-16)12-6-5-10(14)9-11(12)13/h5-6,9,16H,2-4,7-8,14H2,1H3. The fraction of sp³-hybridized carbons (Fsp3) is 0.500. The Kier molecular flexibility index (Phi) is 5.43. The predicted octanol–water partition coefficient (Wildman–Crippen LogP) is 2.52. The van der Waals surface area contributed by atoms with Crippen LogP contribution in [-0.2, 0) is 0 Å². The summed E-state index contributed by atoms with van der Waals surface area (Å²) in [5.74, 6) is 0. The molecule has 0 aliphatic carbocycles. The molecule has 0 aliphatic heterocycles. The number of rotatable bonds is 6. The fourth-order valence-corrected chi connectivity index (χ4v) is 1.92. The highest BCUT2D eigenvalue weighted by Gasteiger charge is 2.05. The Morgan fingerprint density at radius 2 is 2.06 bits per heavy atom. The SMILES string of the molecule is CN(CCCCCO)c1ccc(N)cc1Cl. The van der Waals surface area contributed by atoms with Crippen molar-refractivity contribution in [2.24, 2.45) is 0 Å².